The van der Waals surface area contributed by atoms with E-state index in [0.29, 0.717) is 19.6 Å². The van der Waals surface area contributed by atoms with Crippen LogP contribution in [0.5, 0.6) is 0 Å². The highest BCUT2D eigenvalue weighted by atomic mass is 32.2. The van der Waals surface area contributed by atoms with E-state index in [4.69, 9.17) is 0 Å². The molecule has 3 aromatic rings. The Labute approximate surface area is 189 Å². The summed E-state index contributed by atoms with van der Waals surface area (Å²) in [7, 11) is -3.55. The van der Waals surface area contributed by atoms with E-state index < -0.39 is 10.0 Å². The van der Waals surface area contributed by atoms with Crippen LogP contribution in [0.25, 0.3) is 16.8 Å². The van der Waals surface area contributed by atoms with Gasteiger partial charge < -0.3 is 4.90 Å². The molecule has 0 radical (unpaired) electrons. The molecule has 1 fully saturated rings. The van der Waals surface area contributed by atoms with Gasteiger partial charge in [0.1, 0.15) is 0 Å². The molecular formula is C26H28N2O3S. The zero-order chi connectivity index (χ0) is 22.6. The monoisotopic (exact) mass is 448 g/mol. The number of nitrogens with zero attached hydrogens (tertiary/aromatic N) is 1. The third-order valence-electron chi connectivity index (χ3n) is 5.95. The standard InChI is InChI=1S/C26H28N2O3S/c1-20-11-14-24(15-12-20)32(30,31)27-18-21-6-5-17-28(19-21)26(29)16-13-23-9-4-8-22-7-2-3-10-25(22)23/h2-4,7-16,21,27H,5-6,17-19H2,1H3/b16-13+. The van der Waals surface area contributed by atoms with Crippen LogP contribution in [0.15, 0.2) is 77.7 Å². The van der Waals surface area contributed by atoms with Crippen molar-refractivity contribution in [1.29, 1.82) is 0 Å². The SMILES string of the molecule is Cc1ccc(S(=O)(=O)NCC2CCCN(C(=O)/C=C/c3cccc4ccccc34)C2)cc1. The van der Waals surface area contributed by atoms with Gasteiger partial charge in [0.2, 0.25) is 15.9 Å². The predicted molar refractivity (Wildman–Crippen MR) is 129 cm³/mol. The van der Waals surface area contributed by atoms with Crippen LogP contribution >= 0.6 is 0 Å². The van der Waals surface area contributed by atoms with Crippen molar-refractivity contribution in [2.75, 3.05) is 19.6 Å². The Hall–Kier alpha value is -2.96. The Morgan fingerprint density at radius 1 is 1.06 bits per heavy atom. The number of aryl methyl sites for hydroxylation is 1. The molecule has 1 atom stereocenters. The average molecular weight is 449 g/mol. The number of sulfonamides is 1. The lowest BCUT2D eigenvalue weighted by Crippen LogP contribution is -2.43. The minimum atomic E-state index is -3.55. The number of piperidine rings is 1. The molecule has 4 rings (SSSR count). The topological polar surface area (TPSA) is 66.5 Å². The molecular weight excluding hydrogens is 420 g/mol. The number of hydrogen-bond acceptors (Lipinski definition) is 3. The number of amides is 1. The highest BCUT2D eigenvalue weighted by Crippen LogP contribution is 2.21. The molecule has 32 heavy (non-hydrogen) atoms. The molecule has 166 valence electrons. The minimum absolute atomic E-state index is 0.0379. The number of nitrogens with one attached hydrogen (secondary N) is 1. The number of fused-ring (bicyclic) bond motifs is 1. The van der Waals surface area contributed by atoms with Crippen molar-refractivity contribution in [1.82, 2.24) is 9.62 Å². The highest BCUT2D eigenvalue weighted by molar-refractivity contribution is 7.89. The Balaban J connectivity index is 1.37. The molecule has 0 aromatic heterocycles. The van der Waals surface area contributed by atoms with Gasteiger partial charge >= 0.3 is 0 Å². The van der Waals surface area contributed by atoms with Crippen molar-refractivity contribution >= 4 is 32.8 Å². The van der Waals surface area contributed by atoms with E-state index in [1.54, 1.807) is 30.3 Å². The van der Waals surface area contributed by atoms with Gasteiger partial charge in [-0.15, -0.1) is 0 Å². The molecule has 1 N–H and O–H groups in total. The van der Waals surface area contributed by atoms with Crippen molar-refractivity contribution in [3.05, 3.63) is 83.9 Å². The van der Waals surface area contributed by atoms with Gasteiger partial charge in [-0.2, -0.15) is 0 Å². The number of likely N-dealkylation sites (tertiary alicyclic amines) is 1. The van der Waals surface area contributed by atoms with E-state index in [1.807, 2.05) is 42.2 Å². The van der Waals surface area contributed by atoms with Crippen molar-refractivity contribution in [2.45, 2.75) is 24.7 Å². The third-order valence-corrected chi connectivity index (χ3v) is 7.39. The Morgan fingerprint density at radius 3 is 2.62 bits per heavy atom. The molecule has 6 heteroatoms. The summed E-state index contributed by atoms with van der Waals surface area (Å²) in [5, 5.41) is 2.25. The molecule has 1 unspecified atom stereocenters. The van der Waals surface area contributed by atoms with Crippen LogP contribution < -0.4 is 4.72 Å². The summed E-state index contributed by atoms with van der Waals surface area (Å²) < 4.78 is 27.8. The first-order valence-corrected chi connectivity index (χ1v) is 12.4. The van der Waals surface area contributed by atoms with Gasteiger partial charge in [0, 0.05) is 25.7 Å². The molecule has 5 nitrogen and oxygen atoms in total. The van der Waals surface area contributed by atoms with E-state index in [-0.39, 0.29) is 16.7 Å². The molecule has 0 aliphatic carbocycles. The summed E-state index contributed by atoms with van der Waals surface area (Å²) >= 11 is 0. The molecule has 1 aliphatic rings. The Bertz CT molecular complexity index is 1230. The van der Waals surface area contributed by atoms with E-state index in [0.717, 1.165) is 34.7 Å². The number of benzene rings is 3. The van der Waals surface area contributed by atoms with Crippen molar-refractivity contribution < 1.29 is 13.2 Å². The summed E-state index contributed by atoms with van der Waals surface area (Å²) in [5.74, 6) is 0.0582. The summed E-state index contributed by atoms with van der Waals surface area (Å²) in [5.41, 5.74) is 2.03. The van der Waals surface area contributed by atoms with Crippen molar-refractivity contribution in [2.24, 2.45) is 5.92 Å². The number of hydrogen-bond donors (Lipinski definition) is 1. The fraction of sp³-hybridized carbons (Fsp3) is 0.269. The maximum Gasteiger partial charge on any atom is 0.246 e. The molecule has 1 heterocycles. The summed E-state index contributed by atoms with van der Waals surface area (Å²) in [4.78, 5) is 14.9. The van der Waals surface area contributed by atoms with Gasteiger partial charge in [-0.05, 0) is 60.2 Å². The van der Waals surface area contributed by atoms with Crippen molar-refractivity contribution in [3.63, 3.8) is 0 Å². The largest absolute Gasteiger partial charge is 0.339 e. The van der Waals surface area contributed by atoms with E-state index in [9.17, 15) is 13.2 Å². The Kier molecular flexibility index (Phi) is 6.72. The van der Waals surface area contributed by atoms with Crippen LogP contribution in [-0.2, 0) is 14.8 Å². The van der Waals surface area contributed by atoms with E-state index >= 15 is 0 Å². The fourth-order valence-corrected chi connectivity index (χ4v) is 5.24. The van der Waals surface area contributed by atoms with Crippen LogP contribution in [0, 0.1) is 12.8 Å². The second-order valence-corrected chi connectivity index (χ2v) is 10.1. The first-order valence-electron chi connectivity index (χ1n) is 10.9. The first-order chi connectivity index (χ1) is 15.4. The van der Waals surface area contributed by atoms with Gasteiger partial charge in [-0.1, -0.05) is 60.2 Å². The number of rotatable bonds is 6. The molecule has 1 aliphatic heterocycles. The molecule has 3 aromatic carbocycles. The molecule has 1 saturated heterocycles. The quantitative estimate of drug-likeness (QED) is 0.569. The Morgan fingerprint density at radius 2 is 1.81 bits per heavy atom. The zero-order valence-electron chi connectivity index (χ0n) is 18.2. The molecule has 0 bridgehead atoms. The lowest BCUT2D eigenvalue weighted by Gasteiger charge is -2.32. The van der Waals surface area contributed by atoms with Gasteiger partial charge in [0.25, 0.3) is 0 Å². The third kappa shape index (κ3) is 5.26. The first kappa shape index (κ1) is 22.2. The smallest absolute Gasteiger partial charge is 0.246 e. The summed E-state index contributed by atoms with van der Waals surface area (Å²) in [6, 6.07) is 21.0. The maximum absolute atomic E-state index is 12.8. The maximum atomic E-state index is 12.8. The molecule has 1 amide bonds. The van der Waals surface area contributed by atoms with Gasteiger partial charge in [0.15, 0.2) is 0 Å². The molecule has 0 saturated carbocycles. The number of carbonyl (C=O) groups excluding carboxylic acids is 1. The fourth-order valence-electron chi connectivity index (χ4n) is 4.12. The zero-order valence-corrected chi connectivity index (χ0v) is 19.0. The normalized spacial score (nSPS) is 17.2. The lowest BCUT2D eigenvalue weighted by molar-refractivity contribution is -0.127. The van der Waals surface area contributed by atoms with Crippen LogP contribution in [0.4, 0.5) is 0 Å². The highest BCUT2D eigenvalue weighted by Gasteiger charge is 2.24. The van der Waals surface area contributed by atoms with Gasteiger partial charge in [-0.3, -0.25) is 4.79 Å². The van der Waals surface area contributed by atoms with Gasteiger partial charge in [0.05, 0.1) is 4.90 Å². The van der Waals surface area contributed by atoms with Crippen LogP contribution in [-0.4, -0.2) is 38.9 Å². The summed E-state index contributed by atoms with van der Waals surface area (Å²) in [6.45, 7) is 3.49. The second kappa shape index (κ2) is 9.67. The predicted octanol–water partition coefficient (Wildman–Crippen LogP) is 4.38. The lowest BCUT2D eigenvalue weighted by atomic mass is 9.98. The van der Waals surface area contributed by atoms with E-state index in [1.165, 1.54) is 0 Å². The average Bonchev–Trinajstić information content (AvgIpc) is 2.82. The van der Waals surface area contributed by atoms with Gasteiger partial charge in [-0.25, -0.2) is 13.1 Å². The second-order valence-electron chi connectivity index (χ2n) is 8.36. The minimum Gasteiger partial charge on any atom is -0.339 e. The van der Waals surface area contributed by atoms with Crippen LogP contribution in [0.1, 0.15) is 24.0 Å². The van der Waals surface area contributed by atoms with Crippen molar-refractivity contribution in [3.8, 4) is 0 Å². The van der Waals surface area contributed by atoms with Crippen LogP contribution in [0.3, 0.4) is 0 Å². The molecule has 0 spiro atoms. The summed E-state index contributed by atoms with van der Waals surface area (Å²) in [6.07, 6.45) is 5.26. The number of carbonyl (C=O) groups is 1. The van der Waals surface area contributed by atoms with E-state index in [2.05, 4.69) is 22.9 Å². The van der Waals surface area contributed by atoms with Crippen LogP contribution in [0.2, 0.25) is 0 Å².